The van der Waals surface area contributed by atoms with E-state index in [2.05, 4.69) is 42.9 Å². The van der Waals surface area contributed by atoms with Gasteiger partial charge in [0.15, 0.2) is 5.84 Å². The average Bonchev–Trinajstić information content (AvgIpc) is 3.01. The van der Waals surface area contributed by atoms with Crippen molar-refractivity contribution < 1.29 is 4.42 Å². The first-order chi connectivity index (χ1) is 12.1. The molecule has 3 aromatic rings. The Hall–Kier alpha value is -2.13. The highest BCUT2D eigenvalue weighted by Crippen LogP contribution is 2.29. The highest BCUT2D eigenvalue weighted by atomic mass is 35.5. The molecular weight excluding hydrogens is 332 g/mol. The highest BCUT2D eigenvalue weighted by molar-refractivity contribution is 6.66. The number of halogens is 1. The van der Waals surface area contributed by atoms with Gasteiger partial charge in [0.2, 0.25) is 0 Å². The van der Waals surface area contributed by atoms with Gasteiger partial charge in [-0.15, -0.1) is 0 Å². The minimum atomic E-state index is 0.225. The van der Waals surface area contributed by atoms with Crippen LogP contribution in [-0.2, 0) is 0 Å². The summed E-state index contributed by atoms with van der Waals surface area (Å²) in [5.74, 6) is 0.901. The Balaban J connectivity index is 2.07. The molecule has 1 aromatic heterocycles. The Morgan fingerprint density at radius 1 is 1.08 bits per heavy atom. The monoisotopic (exact) mass is 354 g/mol. The van der Waals surface area contributed by atoms with E-state index in [1.54, 1.807) is 0 Å². The van der Waals surface area contributed by atoms with Crippen molar-refractivity contribution in [3.8, 4) is 0 Å². The summed E-state index contributed by atoms with van der Waals surface area (Å²) < 4.78 is 5.98. The molecule has 25 heavy (non-hydrogen) atoms. The number of amidine groups is 1. The topological polar surface area (TPSA) is 37.9 Å². The second-order valence-corrected chi connectivity index (χ2v) is 6.65. The minimum absolute atomic E-state index is 0.225. The largest absolute Gasteiger partial charge is 0.456 e. The van der Waals surface area contributed by atoms with Crippen LogP contribution in [-0.4, -0.2) is 17.6 Å². The average molecular weight is 355 g/mol. The lowest BCUT2D eigenvalue weighted by molar-refractivity contribution is 0.669. The second kappa shape index (κ2) is 7.83. The molecule has 3 nitrogen and oxygen atoms in total. The normalized spacial score (nSPS) is 14.4. The third-order valence-electron chi connectivity index (χ3n) is 4.35. The van der Waals surface area contributed by atoms with E-state index in [1.165, 1.54) is 0 Å². The molecule has 0 amide bonds. The zero-order valence-corrected chi connectivity index (χ0v) is 15.7. The quantitative estimate of drug-likeness (QED) is 0.384. The fraction of sp³-hybridized carbons (Fsp3) is 0.333. The molecule has 1 heterocycles. The van der Waals surface area contributed by atoms with E-state index in [0.29, 0.717) is 11.0 Å². The number of hydrogen-bond donors (Lipinski definition) is 0. The Morgan fingerprint density at radius 2 is 1.84 bits per heavy atom. The molecule has 3 rings (SSSR count). The number of rotatable bonds is 5. The van der Waals surface area contributed by atoms with Crippen molar-refractivity contribution in [2.45, 2.75) is 33.6 Å². The highest BCUT2D eigenvalue weighted by Gasteiger charge is 2.12. The van der Waals surface area contributed by atoms with E-state index in [-0.39, 0.29) is 5.92 Å². The van der Waals surface area contributed by atoms with Crippen LogP contribution in [0.4, 0.5) is 0 Å². The van der Waals surface area contributed by atoms with Crippen molar-refractivity contribution >= 4 is 44.5 Å². The summed E-state index contributed by atoms with van der Waals surface area (Å²) in [7, 11) is 0. The van der Waals surface area contributed by atoms with E-state index in [4.69, 9.17) is 16.0 Å². The molecule has 0 saturated carbocycles. The molecule has 0 fully saturated rings. The van der Waals surface area contributed by atoms with Gasteiger partial charge < -0.3 is 4.42 Å². The van der Waals surface area contributed by atoms with E-state index < -0.39 is 0 Å². The van der Waals surface area contributed by atoms with Crippen LogP contribution in [0.3, 0.4) is 0 Å². The smallest absolute Gasteiger partial charge is 0.156 e. The molecule has 0 saturated heterocycles. The SMILES string of the molecule is CCC/N=C(\N=C(\Cl)C(C)CC)c1ccc2c(c1)oc1ccccc12. The van der Waals surface area contributed by atoms with Crippen LogP contribution >= 0.6 is 11.6 Å². The van der Waals surface area contributed by atoms with E-state index >= 15 is 0 Å². The number of fused-ring (bicyclic) bond motifs is 3. The van der Waals surface area contributed by atoms with Gasteiger partial charge in [-0.05, 0) is 31.0 Å². The molecule has 0 aliphatic carbocycles. The molecule has 0 bridgehead atoms. The zero-order chi connectivity index (χ0) is 17.8. The maximum atomic E-state index is 6.38. The molecule has 130 valence electrons. The fourth-order valence-electron chi connectivity index (χ4n) is 2.65. The van der Waals surface area contributed by atoms with Crippen molar-refractivity contribution in [1.82, 2.24) is 0 Å². The fourth-order valence-corrected chi connectivity index (χ4v) is 2.89. The van der Waals surface area contributed by atoms with Crippen LogP contribution < -0.4 is 0 Å². The molecule has 0 spiro atoms. The second-order valence-electron chi connectivity index (χ2n) is 6.26. The first-order valence-corrected chi connectivity index (χ1v) is 9.22. The number of nitrogens with zero attached hydrogens (tertiary/aromatic N) is 2. The summed E-state index contributed by atoms with van der Waals surface area (Å²) in [5, 5.41) is 2.82. The molecule has 0 N–H and O–H groups in total. The summed E-state index contributed by atoms with van der Waals surface area (Å²) >= 11 is 6.38. The minimum Gasteiger partial charge on any atom is -0.456 e. The maximum Gasteiger partial charge on any atom is 0.156 e. The van der Waals surface area contributed by atoms with Crippen molar-refractivity contribution in [1.29, 1.82) is 0 Å². The first kappa shape index (κ1) is 17.7. The number of aliphatic imine (C=N–C) groups is 2. The number of benzene rings is 2. The van der Waals surface area contributed by atoms with Crippen molar-refractivity contribution in [3.05, 3.63) is 48.0 Å². The standard InChI is InChI=1S/C21H23ClN2O/c1-4-12-23-21(24-20(22)14(3)5-2)15-10-11-17-16-8-6-7-9-18(16)25-19(17)13-15/h6-11,13-14H,4-5,12H2,1-3H3/b23-21-,24-20+. The molecule has 2 aromatic carbocycles. The van der Waals surface area contributed by atoms with Gasteiger partial charge >= 0.3 is 0 Å². The van der Waals surface area contributed by atoms with Gasteiger partial charge in [-0.3, -0.25) is 4.99 Å². The number of para-hydroxylation sites is 1. The van der Waals surface area contributed by atoms with Crippen LogP contribution in [0.1, 0.15) is 39.2 Å². The van der Waals surface area contributed by atoms with Gasteiger partial charge in [0.05, 0.1) is 0 Å². The van der Waals surface area contributed by atoms with E-state index in [0.717, 1.165) is 46.9 Å². The molecule has 1 unspecified atom stereocenters. The predicted molar refractivity (Wildman–Crippen MR) is 108 cm³/mol. The molecule has 1 atom stereocenters. The molecule has 0 radical (unpaired) electrons. The maximum absolute atomic E-state index is 6.38. The van der Waals surface area contributed by atoms with Crippen molar-refractivity contribution in [3.63, 3.8) is 0 Å². The van der Waals surface area contributed by atoms with Crippen LogP contribution in [0.2, 0.25) is 0 Å². The Morgan fingerprint density at radius 3 is 2.60 bits per heavy atom. The molecule has 4 heteroatoms. The van der Waals surface area contributed by atoms with Gasteiger partial charge in [0.1, 0.15) is 16.3 Å². The third kappa shape index (κ3) is 3.77. The predicted octanol–water partition coefficient (Wildman–Crippen LogP) is 6.43. The first-order valence-electron chi connectivity index (χ1n) is 8.84. The summed E-state index contributed by atoms with van der Waals surface area (Å²) in [6.45, 7) is 7.00. The summed E-state index contributed by atoms with van der Waals surface area (Å²) in [4.78, 5) is 9.24. The molecule has 0 aliphatic rings. The van der Waals surface area contributed by atoms with Crippen LogP contribution in [0.15, 0.2) is 56.9 Å². The van der Waals surface area contributed by atoms with Gasteiger partial charge in [-0.1, -0.05) is 56.6 Å². The van der Waals surface area contributed by atoms with E-state index in [1.807, 2.05) is 30.3 Å². The lowest BCUT2D eigenvalue weighted by atomic mass is 10.1. The lowest BCUT2D eigenvalue weighted by Crippen LogP contribution is -2.08. The van der Waals surface area contributed by atoms with E-state index in [9.17, 15) is 0 Å². The summed E-state index contributed by atoms with van der Waals surface area (Å²) in [6.07, 6.45) is 1.92. The van der Waals surface area contributed by atoms with Crippen molar-refractivity contribution in [2.24, 2.45) is 15.9 Å². The van der Waals surface area contributed by atoms with Crippen LogP contribution in [0.25, 0.3) is 21.9 Å². The van der Waals surface area contributed by atoms with Gasteiger partial charge in [0.25, 0.3) is 0 Å². The zero-order valence-electron chi connectivity index (χ0n) is 14.9. The Kier molecular flexibility index (Phi) is 5.54. The summed E-state index contributed by atoms with van der Waals surface area (Å²) in [5.41, 5.74) is 2.67. The van der Waals surface area contributed by atoms with Gasteiger partial charge in [-0.25, -0.2) is 4.99 Å². The van der Waals surface area contributed by atoms with Gasteiger partial charge in [-0.2, -0.15) is 0 Å². The number of hydrogen-bond acceptors (Lipinski definition) is 2. The Bertz CT molecular complexity index is 939. The molecular formula is C21H23ClN2O. The lowest BCUT2D eigenvalue weighted by Gasteiger charge is -2.08. The third-order valence-corrected chi connectivity index (χ3v) is 4.81. The Labute approximate surface area is 153 Å². The molecule has 0 aliphatic heterocycles. The summed E-state index contributed by atoms with van der Waals surface area (Å²) in [6, 6.07) is 14.2. The van der Waals surface area contributed by atoms with Crippen LogP contribution in [0.5, 0.6) is 0 Å². The number of furan rings is 1. The van der Waals surface area contributed by atoms with Crippen LogP contribution in [0, 0.1) is 5.92 Å². The van der Waals surface area contributed by atoms with Crippen molar-refractivity contribution in [2.75, 3.05) is 6.54 Å². The van der Waals surface area contributed by atoms with Gasteiger partial charge in [0, 0.05) is 28.8 Å².